The number of carbonyl (C=O) groups excluding carboxylic acids is 2. The zero-order valence-electron chi connectivity index (χ0n) is 20.4. The fourth-order valence-corrected chi connectivity index (χ4v) is 5.93. The maximum absolute atomic E-state index is 13.5. The number of benzene rings is 3. The first-order valence-electron chi connectivity index (χ1n) is 11.7. The molecule has 36 heavy (non-hydrogen) atoms. The minimum atomic E-state index is -0.816. The average Bonchev–Trinajstić information content (AvgIpc) is 3.38. The van der Waals surface area contributed by atoms with Gasteiger partial charge in [0.15, 0.2) is 5.13 Å². The van der Waals surface area contributed by atoms with Gasteiger partial charge in [-0.3, -0.25) is 14.5 Å². The molecule has 2 heterocycles. The third kappa shape index (κ3) is 4.10. The van der Waals surface area contributed by atoms with Crippen molar-refractivity contribution in [2.45, 2.75) is 39.7 Å². The van der Waals surface area contributed by atoms with Crippen molar-refractivity contribution in [3.05, 3.63) is 99.1 Å². The van der Waals surface area contributed by atoms with Crippen LogP contribution in [0.1, 0.15) is 53.6 Å². The van der Waals surface area contributed by atoms with Crippen molar-refractivity contribution in [1.82, 2.24) is 4.98 Å². The minimum absolute atomic E-state index is 0.0341. The highest BCUT2D eigenvalue weighted by atomic mass is 35.5. The van der Waals surface area contributed by atoms with Crippen LogP contribution in [0.3, 0.4) is 0 Å². The van der Waals surface area contributed by atoms with Crippen molar-refractivity contribution in [2.75, 3.05) is 4.90 Å². The molecule has 0 radical (unpaired) electrons. The van der Waals surface area contributed by atoms with E-state index in [9.17, 15) is 14.7 Å². The van der Waals surface area contributed by atoms with Gasteiger partial charge in [0.1, 0.15) is 5.76 Å². The Morgan fingerprint density at radius 2 is 1.69 bits per heavy atom. The van der Waals surface area contributed by atoms with E-state index in [0.29, 0.717) is 21.6 Å². The molecule has 1 N–H and O–H groups in total. The summed E-state index contributed by atoms with van der Waals surface area (Å²) in [4.78, 5) is 33.1. The predicted octanol–water partition coefficient (Wildman–Crippen LogP) is 7.32. The summed E-state index contributed by atoms with van der Waals surface area (Å²) in [6, 6.07) is 17.6. The molecule has 1 aromatic heterocycles. The zero-order valence-corrected chi connectivity index (χ0v) is 21.9. The first-order valence-corrected chi connectivity index (χ1v) is 12.9. The lowest BCUT2D eigenvalue weighted by Crippen LogP contribution is -2.29. The predicted molar refractivity (Wildman–Crippen MR) is 146 cm³/mol. The monoisotopic (exact) mass is 516 g/mol. The normalized spacial score (nSPS) is 17.5. The molecule has 182 valence electrons. The number of halogens is 1. The van der Waals surface area contributed by atoms with Gasteiger partial charge in [-0.15, -0.1) is 0 Å². The van der Waals surface area contributed by atoms with Gasteiger partial charge in [-0.25, -0.2) is 4.98 Å². The van der Waals surface area contributed by atoms with Gasteiger partial charge in [0.05, 0.1) is 21.8 Å². The van der Waals surface area contributed by atoms with Gasteiger partial charge in [0.25, 0.3) is 5.78 Å². The number of fused-ring (bicyclic) bond motifs is 1. The van der Waals surface area contributed by atoms with Crippen molar-refractivity contribution in [3.63, 3.8) is 0 Å². The summed E-state index contributed by atoms with van der Waals surface area (Å²) in [6.07, 6.45) is 0. The number of aliphatic hydroxyl groups excluding tert-OH is 1. The van der Waals surface area contributed by atoms with Crippen LogP contribution < -0.4 is 4.90 Å². The number of rotatable bonds is 4. The molecule has 1 fully saturated rings. The summed E-state index contributed by atoms with van der Waals surface area (Å²) in [5.41, 5.74) is 5.21. The summed E-state index contributed by atoms with van der Waals surface area (Å²) >= 11 is 7.39. The number of carbonyl (C=O) groups is 2. The van der Waals surface area contributed by atoms with E-state index in [-0.39, 0.29) is 11.3 Å². The molecule has 3 aromatic carbocycles. The van der Waals surface area contributed by atoms with Crippen LogP contribution >= 0.6 is 22.9 Å². The van der Waals surface area contributed by atoms with Crippen LogP contribution in [0, 0.1) is 13.8 Å². The Morgan fingerprint density at radius 3 is 2.33 bits per heavy atom. The largest absolute Gasteiger partial charge is 0.507 e. The second-order valence-electron chi connectivity index (χ2n) is 9.42. The van der Waals surface area contributed by atoms with Crippen molar-refractivity contribution in [3.8, 4) is 0 Å². The minimum Gasteiger partial charge on any atom is -0.507 e. The Hall–Kier alpha value is -3.48. The lowest BCUT2D eigenvalue weighted by Gasteiger charge is -2.23. The van der Waals surface area contributed by atoms with Gasteiger partial charge >= 0.3 is 5.91 Å². The standard InChI is InChI=1S/C29H25ClN2O3S/c1-15(2)18-5-7-19(8-6-18)25-23(26(33)20-9-11-21(30)12-10-20)27(34)28(35)32(25)29-31-24-17(4)13-16(3)14-22(24)36-29/h5-15,25,33H,1-4H3/t25-/m1/s1. The van der Waals surface area contributed by atoms with E-state index in [0.717, 1.165) is 32.5 Å². The highest BCUT2D eigenvalue weighted by Gasteiger charge is 2.48. The number of hydrogen-bond acceptors (Lipinski definition) is 5. The Labute approximate surface area is 218 Å². The lowest BCUT2D eigenvalue weighted by atomic mass is 9.93. The first kappa shape index (κ1) is 24.2. The molecule has 1 aliphatic heterocycles. The van der Waals surface area contributed by atoms with Gasteiger partial charge in [-0.1, -0.05) is 67.1 Å². The fourth-order valence-electron chi connectivity index (χ4n) is 4.63. The Morgan fingerprint density at radius 1 is 1.03 bits per heavy atom. The third-order valence-corrected chi connectivity index (χ3v) is 7.76. The second kappa shape index (κ2) is 9.19. The molecule has 7 heteroatoms. The topological polar surface area (TPSA) is 70.5 Å². The molecule has 0 unspecified atom stereocenters. The van der Waals surface area contributed by atoms with Gasteiger partial charge in [-0.2, -0.15) is 0 Å². The van der Waals surface area contributed by atoms with E-state index in [1.54, 1.807) is 24.3 Å². The number of hydrogen-bond donors (Lipinski definition) is 1. The molecule has 5 rings (SSSR count). The Balaban J connectivity index is 1.73. The van der Waals surface area contributed by atoms with Crippen LogP contribution in [0.2, 0.25) is 5.02 Å². The quantitative estimate of drug-likeness (QED) is 0.175. The van der Waals surface area contributed by atoms with E-state index in [4.69, 9.17) is 16.6 Å². The molecule has 0 spiro atoms. The van der Waals surface area contributed by atoms with Crippen molar-refractivity contribution < 1.29 is 14.7 Å². The molecular formula is C29H25ClN2O3S. The van der Waals surface area contributed by atoms with E-state index in [2.05, 4.69) is 13.8 Å². The number of aromatic nitrogens is 1. The number of ketones is 1. The average molecular weight is 517 g/mol. The van der Waals surface area contributed by atoms with Crippen LogP contribution in [0.5, 0.6) is 0 Å². The van der Waals surface area contributed by atoms with E-state index >= 15 is 0 Å². The van der Waals surface area contributed by atoms with E-state index < -0.39 is 17.7 Å². The van der Waals surface area contributed by atoms with Crippen LogP contribution in [0.15, 0.2) is 66.2 Å². The highest BCUT2D eigenvalue weighted by Crippen LogP contribution is 2.45. The maximum atomic E-state index is 13.5. The van der Waals surface area contributed by atoms with Gasteiger partial charge in [0, 0.05) is 10.6 Å². The summed E-state index contributed by atoms with van der Waals surface area (Å²) in [5.74, 6) is -1.36. The third-order valence-electron chi connectivity index (χ3n) is 6.51. The van der Waals surface area contributed by atoms with E-state index in [1.165, 1.54) is 16.2 Å². The van der Waals surface area contributed by atoms with Gasteiger partial charge in [0.2, 0.25) is 0 Å². The number of thiazole rings is 1. The summed E-state index contributed by atoms with van der Waals surface area (Å²) < 4.78 is 0.941. The van der Waals surface area contributed by atoms with Gasteiger partial charge in [-0.05, 0) is 72.4 Å². The van der Waals surface area contributed by atoms with Crippen molar-refractivity contribution in [1.29, 1.82) is 0 Å². The van der Waals surface area contributed by atoms with Crippen LogP contribution in [0.4, 0.5) is 5.13 Å². The second-order valence-corrected chi connectivity index (χ2v) is 10.9. The number of nitrogens with zero attached hydrogens (tertiary/aromatic N) is 2. The van der Waals surface area contributed by atoms with Crippen LogP contribution in [-0.2, 0) is 9.59 Å². The number of anilines is 1. The van der Waals surface area contributed by atoms with Crippen LogP contribution in [0.25, 0.3) is 16.0 Å². The fraction of sp³-hybridized carbons (Fsp3) is 0.207. The number of aryl methyl sites for hydroxylation is 2. The molecule has 5 nitrogen and oxygen atoms in total. The molecule has 1 saturated heterocycles. The maximum Gasteiger partial charge on any atom is 0.301 e. The molecule has 0 bridgehead atoms. The summed E-state index contributed by atoms with van der Waals surface area (Å²) in [6.45, 7) is 8.20. The highest BCUT2D eigenvalue weighted by molar-refractivity contribution is 7.22. The van der Waals surface area contributed by atoms with Gasteiger partial charge < -0.3 is 5.11 Å². The molecular weight excluding hydrogens is 492 g/mol. The number of amides is 1. The Kier molecular flexibility index (Phi) is 6.18. The summed E-state index contributed by atoms with van der Waals surface area (Å²) in [5, 5.41) is 12.2. The van der Waals surface area contributed by atoms with E-state index in [1.807, 2.05) is 50.2 Å². The number of aliphatic hydroxyl groups is 1. The molecule has 0 saturated carbocycles. The molecule has 0 aliphatic carbocycles. The SMILES string of the molecule is Cc1cc(C)c2nc(N3C(=O)C(=O)C(=C(O)c4ccc(Cl)cc4)[C@H]3c3ccc(C(C)C)cc3)sc2c1. The molecule has 1 aliphatic rings. The molecule has 4 aromatic rings. The van der Waals surface area contributed by atoms with Crippen LogP contribution in [-0.4, -0.2) is 21.8 Å². The lowest BCUT2D eigenvalue weighted by molar-refractivity contribution is -0.132. The Bertz CT molecular complexity index is 1540. The van der Waals surface area contributed by atoms with Crippen molar-refractivity contribution >= 4 is 55.7 Å². The number of Topliss-reactive ketones (excluding diaryl/α,β-unsaturated/α-hetero) is 1. The summed E-state index contributed by atoms with van der Waals surface area (Å²) in [7, 11) is 0. The van der Waals surface area contributed by atoms with Crippen molar-refractivity contribution in [2.24, 2.45) is 0 Å². The first-order chi connectivity index (χ1) is 17.2. The smallest absolute Gasteiger partial charge is 0.301 e. The zero-order chi connectivity index (χ0) is 25.7. The molecule has 1 amide bonds. The molecule has 1 atom stereocenters.